The number of hydrogen-bond acceptors (Lipinski definition) is 2. The van der Waals surface area contributed by atoms with Crippen LogP contribution in [0.2, 0.25) is 0 Å². The van der Waals surface area contributed by atoms with Gasteiger partial charge < -0.3 is 4.74 Å². The van der Waals surface area contributed by atoms with Crippen LogP contribution in [-0.4, -0.2) is 19.0 Å². The van der Waals surface area contributed by atoms with Gasteiger partial charge in [0.1, 0.15) is 0 Å². The van der Waals surface area contributed by atoms with Gasteiger partial charge in [0.2, 0.25) is 0 Å². The van der Waals surface area contributed by atoms with Gasteiger partial charge in [-0.15, -0.1) is 11.6 Å². The van der Waals surface area contributed by atoms with Gasteiger partial charge in [0, 0.05) is 0 Å². The summed E-state index contributed by atoms with van der Waals surface area (Å²) in [7, 11) is 0. The molecule has 0 aliphatic rings. The van der Waals surface area contributed by atoms with Crippen LogP contribution in [0.15, 0.2) is 0 Å². The standard InChI is InChI=1S/C5H5ClO2/c6-3-1-2-4-8-5-7/h5H,3-4H2. The molecule has 0 atom stereocenters. The summed E-state index contributed by atoms with van der Waals surface area (Å²) >= 11 is 5.16. The van der Waals surface area contributed by atoms with Crippen LogP contribution in [0.3, 0.4) is 0 Å². The molecule has 0 bridgehead atoms. The maximum absolute atomic E-state index is 9.45. The Kier molecular flexibility index (Phi) is 5.78. The predicted octanol–water partition coefficient (Wildman–Crippen LogP) is 0.402. The predicted molar refractivity (Wildman–Crippen MR) is 30.5 cm³/mol. The minimum absolute atomic E-state index is 0.135. The Morgan fingerprint density at radius 2 is 2.38 bits per heavy atom. The van der Waals surface area contributed by atoms with Gasteiger partial charge in [-0.3, -0.25) is 4.79 Å². The van der Waals surface area contributed by atoms with Crippen LogP contribution in [0.5, 0.6) is 0 Å². The quantitative estimate of drug-likeness (QED) is 0.235. The second kappa shape index (κ2) is 6.32. The summed E-state index contributed by atoms with van der Waals surface area (Å²) in [6.07, 6.45) is 0. The zero-order valence-electron chi connectivity index (χ0n) is 4.19. The molecule has 0 saturated heterocycles. The van der Waals surface area contributed by atoms with Gasteiger partial charge in [-0.2, -0.15) is 0 Å². The second-order valence-corrected chi connectivity index (χ2v) is 1.16. The minimum Gasteiger partial charge on any atom is -0.455 e. The molecular weight excluding hydrogens is 128 g/mol. The highest BCUT2D eigenvalue weighted by molar-refractivity contribution is 6.19. The van der Waals surface area contributed by atoms with Crippen molar-refractivity contribution in [2.45, 2.75) is 0 Å². The fraction of sp³-hybridized carbons (Fsp3) is 0.400. The zero-order chi connectivity index (χ0) is 6.24. The SMILES string of the molecule is O=COCC#CCCl. The molecule has 0 radical (unpaired) electrons. The number of hydrogen-bond donors (Lipinski definition) is 0. The first-order chi connectivity index (χ1) is 3.91. The molecule has 0 amide bonds. The van der Waals surface area contributed by atoms with Crippen LogP contribution in [0.1, 0.15) is 0 Å². The van der Waals surface area contributed by atoms with Crippen molar-refractivity contribution in [1.82, 2.24) is 0 Å². The summed E-state index contributed by atoms with van der Waals surface area (Å²) in [5.74, 6) is 5.30. The van der Waals surface area contributed by atoms with Gasteiger partial charge in [0.05, 0.1) is 5.88 Å². The third kappa shape index (κ3) is 5.32. The van der Waals surface area contributed by atoms with Crippen molar-refractivity contribution >= 4 is 18.1 Å². The van der Waals surface area contributed by atoms with E-state index in [1.807, 2.05) is 0 Å². The topological polar surface area (TPSA) is 26.3 Å². The molecule has 0 saturated carbocycles. The summed E-state index contributed by atoms with van der Waals surface area (Å²) in [5.41, 5.74) is 0. The van der Waals surface area contributed by atoms with Crippen molar-refractivity contribution in [3.05, 3.63) is 0 Å². The molecule has 2 nitrogen and oxygen atoms in total. The number of carbonyl (C=O) groups excluding carboxylic acids is 1. The first kappa shape index (κ1) is 7.32. The van der Waals surface area contributed by atoms with Gasteiger partial charge in [0.15, 0.2) is 6.61 Å². The molecule has 8 heavy (non-hydrogen) atoms. The number of ether oxygens (including phenoxy) is 1. The number of rotatable bonds is 2. The Labute approximate surface area is 52.8 Å². The van der Waals surface area contributed by atoms with Crippen molar-refractivity contribution in [3.63, 3.8) is 0 Å². The van der Waals surface area contributed by atoms with Crippen molar-refractivity contribution in [2.24, 2.45) is 0 Å². The third-order valence-electron chi connectivity index (χ3n) is 0.415. The van der Waals surface area contributed by atoms with Crippen LogP contribution in [0, 0.1) is 11.8 Å². The van der Waals surface area contributed by atoms with E-state index < -0.39 is 0 Å². The second-order valence-electron chi connectivity index (χ2n) is 0.894. The number of carbonyl (C=O) groups is 1. The summed E-state index contributed by atoms with van der Waals surface area (Å²) in [6, 6.07) is 0. The summed E-state index contributed by atoms with van der Waals surface area (Å²) in [5, 5.41) is 0. The van der Waals surface area contributed by atoms with E-state index in [1.165, 1.54) is 0 Å². The molecule has 0 spiro atoms. The summed E-state index contributed by atoms with van der Waals surface area (Å²) in [6.45, 7) is 0.485. The molecule has 0 fully saturated rings. The first-order valence-electron chi connectivity index (χ1n) is 1.98. The first-order valence-corrected chi connectivity index (χ1v) is 2.52. The molecule has 0 heterocycles. The lowest BCUT2D eigenvalue weighted by molar-refractivity contribution is -0.127. The zero-order valence-corrected chi connectivity index (χ0v) is 4.94. The highest BCUT2D eigenvalue weighted by Crippen LogP contribution is 1.67. The van der Waals surface area contributed by atoms with Crippen LogP contribution in [-0.2, 0) is 9.53 Å². The molecule has 0 N–H and O–H groups in total. The largest absolute Gasteiger partial charge is 0.455 e. The monoisotopic (exact) mass is 132 g/mol. The molecule has 0 unspecified atom stereocenters. The fourth-order valence-corrected chi connectivity index (χ4v) is 0.268. The van der Waals surface area contributed by atoms with Crippen LogP contribution >= 0.6 is 11.6 Å². The lowest BCUT2D eigenvalue weighted by Crippen LogP contribution is -1.85. The molecule has 0 aliphatic heterocycles. The van der Waals surface area contributed by atoms with Gasteiger partial charge in [0.25, 0.3) is 6.47 Å². The number of alkyl halides is 1. The Bertz CT molecular complexity index is 111. The maximum atomic E-state index is 9.45. The Hall–Kier alpha value is -0.680. The highest BCUT2D eigenvalue weighted by Gasteiger charge is 1.69. The van der Waals surface area contributed by atoms with E-state index in [0.29, 0.717) is 6.47 Å². The van der Waals surface area contributed by atoms with Crippen LogP contribution in [0.25, 0.3) is 0 Å². The minimum atomic E-state index is 0.135. The van der Waals surface area contributed by atoms with E-state index in [0.717, 1.165) is 0 Å². The molecule has 0 aromatic carbocycles. The average Bonchev–Trinajstić information content (AvgIpc) is 1.81. The van der Waals surface area contributed by atoms with E-state index in [4.69, 9.17) is 11.6 Å². The summed E-state index contributed by atoms with van der Waals surface area (Å²) < 4.78 is 4.22. The Morgan fingerprint density at radius 3 is 2.88 bits per heavy atom. The van der Waals surface area contributed by atoms with Crippen molar-refractivity contribution in [3.8, 4) is 11.8 Å². The maximum Gasteiger partial charge on any atom is 0.294 e. The van der Waals surface area contributed by atoms with Gasteiger partial charge >= 0.3 is 0 Å². The average molecular weight is 133 g/mol. The lowest BCUT2D eigenvalue weighted by Gasteiger charge is -1.81. The van der Waals surface area contributed by atoms with Gasteiger partial charge in [-0.1, -0.05) is 11.8 Å². The molecule has 0 rings (SSSR count). The molecule has 3 heteroatoms. The fourth-order valence-electron chi connectivity index (χ4n) is 0.174. The van der Waals surface area contributed by atoms with Crippen LogP contribution < -0.4 is 0 Å². The molecular formula is C5H5ClO2. The van der Waals surface area contributed by atoms with Gasteiger partial charge in [-0.25, -0.2) is 0 Å². The van der Waals surface area contributed by atoms with Crippen molar-refractivity contribution < 1.29 is 9.53 Å². The molecule has 0 aromatic rings. The van der Waals surface area contributed by atoms with Gasteiger partial charge in [-0.05, 0) is 0 Å². The van der Waals surface area contributed by atoms with Crippen molar-refractivity contribution in [1.29, 1.82) is 0 Å². The van der Waals surface area contributed by atoms with E-state index in [-0.39, 0.29) is 12.5 Å². The Balaban J connectivity index is 3.02. The van der Waals surface area contributed by atoms with E-state index in [9.17, 15) is 4.79 Å². The van der Waals surface area contributed by atoms with E-state index in [1.54, 1.807) is 0 Å². The van der Waals surface area contributed by atoms with Crippen molar-refractivity contribution in [2.75, 3.05) is 12.5 Å². The smallest absolute Gasteiger partial charge is 0.294 e. The molecule has 0 aliphatic carbocycles. The van der Waals surface area contributed by atoms with Crippen LogP contribution in [0.4, 0.5) is 0 Å². The number of halogens is 1. The molecule has 0 aromatic heterocycles. The van der Waals surface area contributed by atoms with E-state index >= 15 is 0 Å². The highest BCUT2D eigenvalue weighted by atomic mass is 35.5. The molecule has 44 valence electrons. The normalized spacial score (nSPS) is 6.62. The van der Waals surface area contributed by atoms with E-state index in [2.05, 4.69) is 16.6 Å². The Morgan fingerprint density at radius 1 is 1.62 bits per heavy atom. The lowest BCUT2D eigenvalue weighted by atomic mass is 10.6. The third-order valence-corrected chi connectivity index (χ3v) is 0.549. The summed E-state index contributed by atoms with van der Waals surface area (Å²) in [4.78, 5) is 9.45.